The molecular formula is C19H31IN4O2. The molecule has 3 N–H and O–H groups in total. The standard InChI is InChI=1S/C19H30N4O2.HI/c1-4-25-19(24)23-11-8-17(9-12-23)22-18(20)21-10-7-16-6-5-14(2)13-15(16)3;/h5-6,13,17H,4,7-12H2,1-3H3,(H3,20,21,22);1H. The number of hydrogen-bond acceptors (Lipinski definition) is 3. The van der Waals surface area contributed by atoms with Crippen molar-refractivity contribution in [2.24, 2.45) is 10.7 Å². The zero-order valence-corrected chi connectivity index (χ0v) is 18.3. The lowest BCUT2D eigenvalue weighted by molar-refractivity contribution is 0.0963. The molecule has 0 spiro atoms. The third-order valence-corrected chi connectivity index (χ3v) is 4.53. The molecule has 0 unspecified atom stereocenters. The van der Waals surface area contributed by atoms with E-state index >= 15 is 0 Å². The summed E-state index contributed by atoms with van der Waals surface area (Å²) in [5, 5.41) is 3.27. The van der Waals surface area contributed by atoms with E-state index in [1.165, 1.54) is 16.7 Å². The molecule has 1 aromatic carbocycles. The highest BCUT2D eigenvalue weighted by Crippen LogP contribution is 2.12. The number of guanidine groups is 1. The number of nitrogens with two attached hydrogens (primary N) is 1. The summed E-state index contributed by atoms with van der Waals surface area (Å²) >= 11 is 0. The summed E-state index contributed by atoms with van der Waals surface area (Å²) < 4.78 is 5.03. The zero-order valence-electron chi connectivity index (χ0n) is 16.0. The molecule has 0 radical (unpaired) electrons. The van der Waals surface area contributed by atoms with Crippen LogP contribution in [0.1, 0.15) is 36.5 Å². The van der Waals surface area contributed by atoms with Crippen LogP contribution in [0.25, 0.3) is 0 Å². The van der Waals surface area contributed by atoms with E-state index in [1.807, 2.05) is 6.92 Å². The van der Waals surface area contributed by atoms with Crippen LogP contribution >= 0.6 is 24.0 Å². The minimum Gasteiger partial charge on any atom is -0.450 e. The van der Waals surface area contributed by atoms with Gasteiger partial charge in [-0.1, -0.05) is 23.8 Å². The van der Waals surface area contributed by atoms with Gasteiger partial charge >= 0.3 is 6.09 Å². The van der Waals surface area contributed by atoms with Gasteiger partial charge in [0.1, 0.15) is 0 Å². The van der Waals surface area contributed by atoms with Crippen LogP contribution in [-0.2, 0) is 11.2 Å². The second-order valence-electron chi connectivity index (χ2n) is 6.55. The molecule has 7 heteroatoms. The molecule has 1 aromatic rings. The molecule has 26 heavy (non-hydrogen) atoms. The van der Waals surface area contributed by atoms with Crippen molar-refractivity contribution >= 4 is 36.0 Å². The summed E-state index contributed by atoms with van der Waals surface area (Å²) in [6.45, 7) is 8.51. The van der Waals surface area contributed by atoms with Gasteiger partial charge in [-0.3, -0.25) is 4.99 Å². The first kappa shape index (κ1) is 22.5. The number of nitrogens with one attached hydrogen (secondary N) is 1. The van der Waals surface area contributed by atoms with E-state index in [0.717, 1.165) is 19.3 Å². The second kappa shape index (κ2) is 11.3. The molecule has 1 amide bonds. The van der Waals surface area contributed by atoms with Crippen LogP contribution in [0.5, 0.6) is 0 Å². The van der Waals surface area contributed by atoms with Crippen LogP contribution < -0.4 is 11.1 Å². The number of likely N-dealkylation sites (tertiary alicyclic amines) is 1. The Morgan fingerprint density at radius 2 is 2.04 bits per heavy atom. The van der Waals surface area contributed by atoms with Gasteiger partial charge in [0.05, 0.1) is 6.61 Å². The molecule has 0 aliphatic carbocycles. The number of aryl methyl sites for hydroxylation is 2. The summed E-state index contributed by atoms with van der Waals surface area (Å²) in [6, 6.07) is 6.74. The quantitative estimate of drug-likeness (QED) is 0.391. The van der Waals surface area contributed by atoms with E-state index in [0.29, 0.717) is 32.2 Å². The normalized spacial score (nSPS) is 15.3. The highest BCUT2D eigenvalue weighted by molar-refractivity contribution is 14.0. The highest BCUT2D eigenvalue weighted by Gasteiger charge is 2.23. The van der Waals surface area contributed by atoms with Crippen molar-refractivity contribution in [3.05, 3.63) is 34.9 Å². The van der Waals surface area contributed by atoms with Crippen LogP contribution in [0.15, 0.2) is 23.2 Å². The number of amides is 1. The number of carbonyl (C=O) groups is 1. The van der Waals surface area contributed by atoms with E-state index in [1.54, 1.807) is 4.90 Å². The molecule has 0 bridgehead atoms. The number of benzene rings is 1. The molecule has 0 atom stereocenters. The number of aliphatic imine (C=N–C) groups is 1. The SMILES string of the molecule is CCOC(=O)N1CCC(NC(N)=NCCc2ccc(C)cc2C)CC1.I. The van der Waals surface area contributed by atoms with Gasteiger partial charge in [0.25, 0.3) is 0 Å². The Labute approximate surface area is 173 Å². The maximum absolute atomic E-state index is 11.7. The van der Waals surface area contributed by atoms with Crippen molar-refractivity contribution in [2.75, 3.05) is 26.2 Å². The van der Waals surface area contributed by atoms with Crippen molar-refractivity contribution in [3.63, 3.8) is 0 Å². The van der Waals surface area contributed by atoms with Crippen molar-refractivity contribution in [2.45, 2.75) is 46.1 Å². The number of halogens is 1. The minimum absolute atomic E-state index is 0. The third-order valence-electron chi connectivity index (χ3n) is 4.53. The molecule has 1 aliphatic heterocycles. The van der Waals surface area contributed by atoms with Crippen molar-refractivity contribution < 1.29 is 9.53 Å². The molecule has 2 rings (SSSR count). The van der Waals surface area contributed by atoms with Gasteiger partial charge in [0.15, 0.2) is 5.96 Å². The Morgan fingerprint density at radius 1 is 1.35 bits per heavy atom. The average Bonchev–Trinajstić information content (AvgIpc) is 2.57. The van der Waals surface area contributed by atoms with Crippen molar-refractivity contribution in [1.82, 2.24) is 10.2 Å². The first-order chi connectivity index (χ1) is 12.0. The minimum atomic E-state index is -0.226. The molecular weight excluding hydrogens is 443 g/mol. The van der Waals surface area contributed by atoms with E-state index in [9.17, 15) is 4.79 Å². The van der Waals surface area contributed by atoms with Gasteiger partial charge in [-0.25, -0.2) is 4.79 Å². The Kier molecular flexibility index (Phi) is 9.75. The predicted molar refractivity (Wildman–Crippen MR) is 116 cm³/mol. The fraction of sp³-hybridized carbons (Fsp3) is 0.579. The highest BCUT2D eigenvalue weighted by atomic mass is 127. The molecule has 6 nitrogen and oxygen atoms in total. The van der Waals surface area contributed by atoms with E-state index in [2.05, 4.69) is 42.4 Å². The summed E-state index contributed by atoms with van der Waals surface area (Å²) in [7, 11) is 0. The number of piperidine rings is 1. The first-order valence-corrected chi connectivity index (χ1v) is 9.04. The fourth-order valence-corrected chi connectivity index (χ4v) is 3.10. The van der Waals surface area contributed by atoms with Gasteiger partial charge in [-0.15, -0.1) is 24.0 Å². The summed E-state index contributed by atoms with van der Waals surface area (Å²) in [6.07, 6.45) is 2.37. The predicted octanol–water partition coefficient (Wildman–Crippen LogP) is 2.99. The van der Waals surface area contributed by atoms with E-state index in [4.69, 9.17) is 10.5 Å². The van der Waals surface area contributed by atoms with Gasteiger partial charge in [-0.2, -0.15) is 0 Å². The monoisotopic (exact) mass is 474 g/mol. The molecule has 1 saturated heterocycles. The largest absolute Gasteiger partial charge is 0.450 e. The topological polar surface area (TPSA) is 80.0 Å². The van der Waals surface area contributed by atoms with Gasteiger partial charge in [0, 0.05) is 25.7 Å². The average molecular weight is 474 g/mol. The van der Waals surface area contributed by atoms with Gasteiger partial charge in [-0.05, 0) is 51.2 Å². The first-order valence-electron chi connectivity index (χ1n) is 9.04. The van der Waals surface area contributed by atoms with Crippen LogP contribution in [0, 0.1) is 13.8 Å². The molecule has 146 valence electrons. The second-order valence-corrected chi connectivity index (χ2v) is 6.55. The number of hydrogen-bond donors (Lipinski definition) is 2. The molecule has 1 aliphatic rings. The van der Waals surface area contributed by atoms with Gasteiger partial charge < -0.3 is 20.7 Å². The van der Waals surface area contributed by atoms with Crippen molar-refractivity contribution in [3.8, 4) is 0 Å². The summed E-state index contributed by atoms with van der Waals surface area (Å²) in [5.41, 5.74) is 9.89. The number of carbonyl (C=O) groups excluding carboxylic acids is 1. The molecule has 1 heterocycles. The molecule has 0 aromatic heterocycles. The lowest BCUT2D eigenvalue weighted by atomic mass is 10.0. The van der Waals surface area contributed by atoms with E-state index in [-0.39, 0.29) is 36.1 Å². The van der Waals surface area contributed by atoms with Crippen LogP contribution in [0.2, 0.25) is 0 Å². The Bertz CT molecular complexity index is 614. The number of nitrogens with zero attached hydrogens (tertiary/aromatic N) is 2. The van der Waals surface area contributed by atoms with Crippen molar-refractivity contribution in [1.29, 1.82) is 0 Å². The smallest absolute Gasteiger partial charge is 0.409 e. The lowest BCUT2D eigenvalue weighted by Gasteiger charge is -2.31. The van der Waals surface area contributed by atoms with Crippen LogP contribution in [-0.4, -0.2) is 49.2 Å². The van der Waals surface area contributed by atoms with Crippen LogP contribution in [0.4, 0.5) is 4.79 Å². The molecule has 1 fully saturated rings. The summed E-state index contributed by atoms with van der Waals surface area (Å²) in [4.78, 5) is 17.9. The number of rotatable bonds is 5. The summed E-state index contributed by atoms with van der Waals surface area (Å²) in [5.74, 6) is 0.486. The van der Waals surface area contributed by atoms with Crippen LogP contribution in [0.3, 0.4) is 0 Å². The number of ether oxygens (including phenoxy) is 1. The lowest BCUT2D eigenvalue weighted by Crippen LogP contribution is -2.48. The maximum atomic E-state index is 11.7. The fourth-order valence-electron chi connectivity index (χ4n) is 3.10. The Hall–Kier alpha value is -1.51. The zero-order chi connectivity index (χ0) is 18.2. The third kappa shape index (κ3) is 7.01. The van der Waals surface area contributed by atoms with Gasteiger partial charge in [0.2, 0.25) is 0 Å². The maximum Gasteiger partial charge on any atom is 0.409 e. The van der Waals surface area contributed by atoms with E-state index < -0.39 is 0 Å². The molecule has 0 saturated carbocycles. The Balaban J connectivity index is 0.00000338. The Morgan fingerprint density at radius 3 is 2.65 bits per heavy atom.